The summed E-state index contributed by atoms with van der Waals surface area (Å²) in [5.41, 5.74) is 1.22. The Bertz CT molecular complexity index is 695. The molecule has 1 saturated heterocycles. The van der Waals surface area contributed by atoms with Crippen molar-refractivity contribution < 1.29 is 8.42 Å². The van der Waals surface area contributed by atoms with Crippen molar-refractivity contribution in [1.82, 2.24) is 4.57 Å². The van der Waals surface area contributed by atoms with Crippen LogP contribution in [0.4, 0.5) is 0 Å². The summed E-state index contributed by atoms with van der Waals surface area (Å²) in [4.78, 5) is 12.1. The summed E-state index contributed by atoms with van der Waals surface area (Å²) in [5.74, 6) is 0.0964. The number of hydrogen-bond acceptors (Lipinski definition) is 4. The first kappa shape index (κ1) is 12.8. The first-order chi connectivity index (χ1) is 8.35. The van der Waals surface area contributed by atoms with Gasteiger partial charge in [0.15, 0.2) is 9.84 Å². The van der Waals surface area contributed by atoms with Gasteiger partial charge in [-0.1, -0.05) is 0 Å². The van der Waals surface area contributed by atoms with Gasteiger partial charge in [0, 0.05) is 6.20 Å². The second-order valence-electron chi connectivity index (χ2n) is 4.69. The SMILES string of the molecule is Cc1cn(C2CCS(=O)(=O)C2)c(=O)c(C#N)c1C. The molecule has 1 aromatic rings. The third kappa shape index (κ3) is 2.06. The monoisotopic (exact) mass is 266 g/mol. The summed E-state index contributed by atoms with van der Waals surface area (Å²) in [5, 5.41) is 9.01. The van der Waals surface area contributed by atoms with E-state index in [1.807, 2.05) is 13.0 Å². The van der Waals surface area contributed by atoms with Gasteiger partial charge in [0.25, 0.3) is 5.56 Å². The predicted octanol–water partition coefficient (Wildman–Crippen LogP) is 0.696. The van der Waals surface area contributed by atoms with Crippen molar-refractivity contribution in [2.75, 3.05) is 11.5 Å². The van der Waals surface area contributed by atoms with Crippen LogP contribution in [-0.2, 0) is 9.84 Å². The maximum Gasteiger partial charge on any atom is 0.269 e. The van der Waals surface area contributed by atoms with Crippen molar-refractivity contribution in [2.24, 2.45) is 0 Å². The van der Waals surface area contributed by atoms with Crippen molar-refractivity contribution in [3.05, 3.63) is 33.2 Å². The zero-order valence-corrected chi connectivity index (χ0v) is 11.1. The van der Waals surface area contributed by atoms with Gasteiger partial charge in [-0.2, -0.15) is 5.26 Å². The van der Waals surface area contributed by atoms with Crippen LogP contribution < -0.4 is 5.56 Å². The fourth-order valence-corrected chi connectivity index (χ4v) is 3.96. The van der Waals surface area contributed by atoms with Crippen molar-refractivity contribution in [3.8, 4) is 6.07 Å². The van der Waals surface area contributed by atoms with Crippen LogP contribution in [0.25, 0.3) is 0 Å². The Morgan fingerprint density at radius 3 is 2.61 bits per heavy atom. The van der Waals surface area contributed by atoms with Gasteiger partial charge in [-0.15, -0.1) is 0 Å². The maximum absolute atomic E-state index is 12.1. The highest BCUT2D eigenvalue weighted by molar-refractivity contribution is 7.91. The normalized spacial score (nSPS) is 21.7. The summed E-state index contributed by atoms with van der Waals surface area (Å²) in [6.45, 7) is 3.54. The number of nitrogens with zero attached hydrogens (tertiary/aromatic N) is 2. The Labute approximate surface area is 106 Å². The van der Waals surface area contributed by atoms with Crippen molar-refractivity contribution in [2.45, 2.75) is 26.3 Å². The second kappa shape index (κ2) is 4.25. The molecule has 2 heterocycles. The van der Waals surface area contributed by atoms with Crippen molar-refractivity contribution >= 4 is 9.84 Å². The van der Waals surface area contributed by atoms with Crippen molar-refractivity contribution in [3.63, 3.8) is 0 Å². The molecule has 1 aliphatic rings. The number of pyridine rings is 1. The third-order valence-corrected chi connectivity index (χ3v) is 5.21. The third-order valence-electron chi connectivity index (χ3n) is 3.46. The summed E-state index contributed by atoms with van der Waals surface area (Å²) in [7, 11) is -3.05. The van der Waals surface area contributed by atoms with Gasteiger partial charge < -0.3 is 4.57 Å². The molecule has 0 radical (unpaired) electrons. The van der Waals surface area contributed by atoms with E-state index in [1.54, 1.807) is 13.1 Å². The molecule has 0 aliphatic carbocycles. The average Bonchev–Trinajstić information content (AvgIpc) is 2.65. The molecule has 0 amide bonds. The average molecular weight is 266 g/mol. The van der Waals surface area contributed by atoms with E-state index < -0.39 is 9.84 Å². The molecule has 96 valence electrons. The largest absolute Gasteiger partial charge is 0.310 e. The fraction of sp³-hybridized carbons (Fsp3) is 0.500. The minimum Gasteiger partial charge on any atom is -0.310 e. The van der Waals surface area contributed by atoms with E-state index >= 15 is 0 Å². The van der Waals surface area contributed by atoms with Gasteiger partial charge in [0.2, 0.25) is 0 Å². The molecule has 6 heteroatoms. The van der Waals surface area contributed by atoms with Gasteiger partial charge in [-0.25, -0.2) is 8.42 Å². The number of sulfone groups is 1. The molecular formula is C12H14N2O3S. The van der Waals surface area contributed by atoms with Gasteiger partial charge >= 0.3 is 0 Å². The summed E-state index contributed by atoms with van der Waals surface area (Å²) in [6.07, 6.45) is 2.10. The number of aryl methyl sites for hydroxylation is 1. The molecule has 0 saturated carbocycles. The topological polar surface area (TPSA) is 79.9 Å². The molecule has 1 unspecified atom stereocenters. The molecule has 1 fully saturated rings. The quantitative estimate of drug-likeness (QED) is 0.749. The van der Waals surface area contributed by atoms with Crippen LogP contribution in [0.5, 0.6) is 0 Å². The Morgan fingerprint density at radius 1 is 1.44 bits per heavy atom. The Balaban J connectivity index is 2.58. The van der Waals surface area contributed by atoms with Crippen molar-refractivity contribution in [1.29, 1.82) is 5.26 Å². The lowest BCUT2D eigenvalue weighted by molar-refractivity contribution is 0.535. The Hall–Kier alpha value is -1.61. The molecule has 5 nitrogen and oxygen atoms in total. The van der Waals surface area contributed by atoms with E-state index in [9.17, 15) is 13.2 Å². The number of aromatic nitrogens is 1. The zero-order valence-electron chi connectivity index (χ0n) is 10.3. The highest BCUT2D eigenvalue weighted by atomic mass is 32.2. The van der Waals surface area contributed by atoms with E-state index in [2.05, 4.69) is 0 Å². The highest BCUT2D eigenvalue weighted by Crippen LogP contribution is 2.23. The first-order valence-corrected chi connectivity index (χ1v) is 7.50. The van der Waals surface area contributed by atoms with E-state index in [0.717, 1.165) is 5.56 Å². The zero-order chi connectivity index (χ0) is 13.5. The van der Waals surface area contributed by atoms with Crippen LogP contribution in [0, 0.1) is 25.2 Å². The molecule has 0 spiro atoms. The molecule has 1 aromatic heterocycles. The minimum absolute atomic E-state index is 0.0136. The Morgan fingerprint density at radius 2 is 2.11 bits per heavy atom. The lowest BCUT2D eigenvalue weighted by Gasteiger charge is -2.15. The van der Waals surface area contributed by atoms with Gasteiger partial charge in [-0.3, -0.25) is 4.79 Å². The predicted molar refractivity (Wildman–Crippen MR) is 67.2 cm³/mol. The van der Waals surface area contributed by atoms with E-state index in [4.69, 9.17) is 5.26 Å². The molecule has 0 bridgehead atoms. The molecule has 18 heavy (non-hydrogen) atoms. The van der Waals surface area contributed by atoms with E-state index in [0.29, 0.717) is 12.0 Å². The first-order valence-electron chi connectivity index (χ1n) is 5.68. The highest BCUT2D eigenvalue weighted by Gasteiger charge is 2.30. The van der Waals surface area contributed by atoms with Crippen LogP contribution >= 0.6 is 0 Å². The smallest absolute Gasteiger partial charge is 0.269 e. The molecular weight excluding hydrogens is 252 g/mol. The second-order valence-corrected chi connectivity index (χ2v) is 6.92. The summed E-state index contributed by atoms with van der Waals surface area (Å²) >= 11 is 0. The Kier molecular flexibility index (Phi) is 3.03. The number of rotatable bonds is 1. The molecule has 1 aliphatic heterocycles. The minimum atomic E-state index is -3.05. The maximum atomic E-state index is 12.1. The lowest BCUT2D eigenvalue weighted by Crippen LogP contribution is -2.28. The van der Waals surface area contributed by atoms with Crippen LogP contribution in [0.15, 0.2) is 11.0 Å². The van der Waals surface area contributed by atoms with Gasteiger partial charge in [-0.05, 0) is 31.4 Å². The number of hydrogen-bond donors (Lipinski definition) is 0. The van der Waals surface area contributed by atoms with E-state index in [1.165, 1.54) is 4.57 Å². The fourth-order valence-electron chi connectivity index (χ4n) is 2.25. The van der Waals surface area contributed by atoms with Crippen LogP contribution in [0.2, 0.25) is 0 Å². The molecule has 1 atom stereocenters. The summed E-state index contributed by atoms with van der Waals surface area (Å²) in [6, 6.07) is 1.57. The van der Waals surface area contributed by atoms with Gasteiger partial charge in [0.05, 0.1) is 17.5 Å². The van der Waals surface area contributed by atoms with Crippen LogP contribution in [-0.4, -0.2) is 24.5 Å². The summed E-state index contributed by atoms with van der Waals surface area (Å²) < 4.78 is 24.3. The van der Waals surface area contributed by atoms with Gasteiger partial charge in [0.1, 0.15) is 11.6 Å². The van der Waals surface area contributed by atoms with E-state index in [-0.39, 0.29) is 28.7 Å². The molecule has 0 aromatic carbocycles. The molecule has 2 rings (SSSR count). The van der Waals surface area contributed by atoms with Crippen LogP contribution in [0.3, 0.4) is 0 Å². The lowest BCUT2D eigenvalue weighted by atomic mass is 10.1. The standard InChI is InChI=1S/C12H14N2O3S/c1-8-6-14(10-3-4-18(16,17)7-10)12(15)11(5-13)9(8)2/h6,10H,3-4,7H2,1-2H3. The molecule has 0 N–H and O–H groups in total. The number of nitriles is 1. The van der Waals surface area contributed by atoms with Crippen LogP contribution in [0.1, 0.15) is 29.2 Å².